The quantitative estimate of drug-likeness (QED) is 0.243. The van der Waals surface area contributed by atoms with Crippen molar-refractivity contribution in [2.75, 3.05) is 59.1 Å². The predicted molar refractivity (Wildman–Crippen MR) is 168 cm³/mol. The van der Waals surface area contributed by atoms with Crippen molar-refractivity contribution in [3.05, 3.63) is 52.8 Å². The molecule has 0 saturated carbocycles. The molecule has 0 unspecified atom stereocenters. The zero-order valence-electron chi connectivity index (χ0n) is 26.2. The van der Waals surface area contributed by atoms with Crippen LogP contribution in [0.2, 0.25) is 0 Å². The number of aromatic nitrogens is 1. The third-order valence-electron chi connectivity index (χ3n) is 8.07. The van der Waals surface area contributed by atoms with E-state index in [-0.39, 0.29) is 74.8 Å². The van der Waals surface area contributed by atoms with Gasteiger partial charge in [-0.05, 0) is 24.5 Å². The number of halogens is 2. The number of nitrogens with zero attached hydrogens (tertiary/aromatic N) is 4. The van der Waals surface area contributed by atoms with Crippen molar-refractivity contribution in [3.63, 3.8) is 0 Å². The second kappa shape index (κ2) is 15.6. The number of hydrogen-bond acceptors (Lipinski definition) is 11. The zero-order valence-corrected chi connectivity index (χ0v) is 26.2. The summed E-state index contributed by atoms with van der Waals surface area (Å²) in [6.45, 7) is 7.39. The van der Waals surface area contributed by atoms with Crippen LogP contribution in [-0.2, 0) is 20.7 Å². The number of alkyl halides is 2. The lowest BCUT2D eigenvalue weighted by atomic mass is 9.99. The summed E-state index contributed by atoms with van der Waals surface area (Å²) in [7, 11) is 0. The summed E-state index contributed by atoms with van der Waals surface area (Å²) in [4.78, 5) is 47.4. The lowest BCUT2D eigenvalue weighted by Gasteiger charge is -2.41. The number of ketones is 1. The Hall–Kier alpha value is -4.86. The summed E-state index contributed by atoms with van der Waals surface area (Å²) in [5.74, 6) is -1.81. The van der Waals surface area contributed by atoms with Gasteiger partial charge in [0, 0.05) is 62.5 Å². The SMILES string of the molecule is C=C(CCNC(=O)CN1C(=N)C(=N)C(=O)C(N2CCN(C(=O)c3ncc4c(c3O)CCO4)CC2)=C1CC)C(F)F.NC1=CCOCC1. The molecule has 47 heavy (non-hydrogen) atoms. The Kier molecular flexibility index (Phi) is 11.6. The maximum atomic E-state index is 13.1. The van der Waals surface area contributed by atoms with Gasteiger partial charge in [0.15, 0.2) is 17.3 Å². The smallest absolute Gasteiger partial charge is 0.276 e. The number of rotatable bonds is 9. The van der Waals surface area contributed by atoms with Crippen molar-refractivity contribution < 1.29 is 37.7 Å². The average molecular weight is 659 g/mol. The number of aromatic hydroxyl groups is 1. The highest BCUT2D eigenvalue weighted by atomic mass is 19.3. The van der Waals surface area contributed by atoms with Crippen LogP contribution < -0.4 is 15.8 Å². The first-order chi connectivity index (χ1) is 22.4. The Morgan fingerprint density at radius 1 is 1.19 bits per heavy atom. The highest BCUT2D eigenvalue weighted by Gasteiger charge is 2.39. The minimum Gasteiger partial charge on any atom is -0.505 e. The highest BCUT2D eigenvalue weighted by Crippen LogP contribution is 2.34. The number of carbonyl (C=O) groups excluding carboxylic acids is 3. The van der Waals surface area contributed by atoms with Gasteiger partial charge in [0.25, 0.3) is 12.3 Å². The molecule has 5 heterocycles. The van der Waals surface area contributed by atoms with E-state index >= 15 is 0 Å². The first kappa shape index (κ1) is 35.0. The van der Waals surface area contributed by atoms with Gasteiger partial charge in [-0.2, -0.15) is 0 Å². The molecule has 16 heteroatoms. The summed E-state index contributed by atoms with van der Waals surface area (Å²) in [5.41, 5.74) is 6.56. The molecule has 0 radical (unpaired) electrons. The Morgan fingerprint density at radius 3 is 2.51 bits per heavy atom. The van der Waals surface area contributed by atoms with E-state index in [0.29, 0.717) is 36.6 Å². The van der Waals surface area contributed by atoms with Crippen LogP contribution in [0.3, 0.4) is 0 Å². The monoisotopic (exact) mass is 658 g/mol. The van der Waals surface area contributed by atoms with Crippen molar-refractivity contribution in [1.29, 1.82) is 10.8 Å². The van der Waals surface area contributed by atoms with Crippen LogP contribution in [0.25, 0.3) is 0 Å². The Morgan fingerprint density at radius 2 is 1.91 bits per heavy atom. The second-order valence-corrected chi connectivity index (χ2v) is 11.1. The van der Waals surface area contributed by atoms with Crippen molar-refractivity contribution in [1.82, 2.24) is 25.0 Å². The fraction of sp³-hybridized carbons (Fsp3) is 0.484. The number of hydrogen-bond donors (Lipinski definition) is 5. The molecule has 1 aromatic rings. The third kappa shape index (κ3) is 8.11. The number of piperazine rings is 1. The van der Waals surface area contributed by atoms with Gasteiger partial charge >= 0.3 is 0 Å². The van der Waals surface area contributed by atoms with Crippen LogP contribution >= 0.6 is 0 Å². The van der Waals surface area contributed by atoms with E-state index in [1.807, 2.05) is 6.08 Å². The molecular formula is C31H40F2N8O6. The average Bonchev–Trinajstić information content (AvgIpc) is 3.55. The number of nitrogens with two attached hydrogens (primary N) is 1. The number of amides is 2. The molecular weight excluding hydrogens is 618 g/mol. The predicted octanol–water partition coefficient (Wildman–Crippen LogP) is 1.56. The molecule has 0 atom stereocenters. The van der Waals surface area contributed by atoms with Crippen molar-refractivity contribution in [2.45, 2.75) is 39.0 Å². The van der Waals surface area contributed by atoms with E-state index in [1.54, 1.807) is 11.8 Å². The minimum absolute atomic E-state index is 0.0603. The van der Waals surface area contributed by atoms with E-state index in [2.05, 4.69) is 16.9 Å². The maximum Gasteiger partial charge on any atom is 0.276 e. The van der Waals surface area contributed by atoms with E-state index in [4.69, 9.17) is 26.0 Å². The number of nitrogens with one attached hydrogen (secondary N) is 3. The first-order valence-electron chi connectivity index (χ1n) is 15.3. The molecule has 4 aliphatic rings. The van der Waals surface area contributed by atoms with Crippen LogP contribution in [0, 0.1) is 10.8 Å². The molecule has 6 N–H and O–H groups in total. The largest absolute Gasteiger partial charge is 0.505 e. The second-order valence-electron chi connectivity index (χ2n) is 11.1. The normalized spacial score (nSPS) is 18.0. The van der Waals surface area contributed by atoms with Crippen LogP contribution in [-0.4, -0.2) is 119 Å². The number of Topliss-reactive ketones (excluding diaryl/α,β-unsaturated/α-hetero) is 1. The standard InChI is InChI=1S/C26H31F2N7O5.C5H9NO/c1-3-16-21(23(38)19(29)25(30)35(16)13-18(36)31-6-4-14(2)24(27)28)33-7-9-34(10-8-33)26(39)20-22(37)15-5-11-40-17(15)12-32-20;6-5-1-3-7-4-2-5/h12,24,29-30,37H,2-11,13H2,1H3,(H,31,36);1H,2-4,6H2. The zero-order chi connectivity index (χ0) is 34.2. The van der Waals surface area contributed by atoms with Crippen molar-refractivity contribution in [2.24, 2.45) is 5.73 Å². The molecule has 14 nitrogen and oxygen atoms in total. The number of pyridine rings is 1. The molecule has 1 saturated heterocycles. The van der Waals surface area contributed by atoms with E-state index in [0.717, 1.165) is 18.7 Å². The Balaban J connectivity index is 0.000000632. The van der Waals surface area contributed by atoms with Gasteiger partial charge in [-0.1, -0.05) is 13.5 Å². The van der Waals surface area contributed by atoms with Crippen molar-refractivity contribution >= 4 is 29.1 Å². The van der Waals surface area contributed by atoms with Crippen LogP contribution in [0.15, 0.2) is 41.5 Å². The summed E-state index contributed by atoms with van der Waals surface area (Å²) in [5, 5.41) is 29.6. The Bertz CT molecular complexity index is 1500. The Labute approximate surface area is 270 Å². The highest BCUT2D eigenvalue weighted by molar-refractivity contribution is 6.69. The van der Waals surface area contributed by atoms with Gasteiger partial charge < -0.3 is 40.3 Å². The fourth-order valence-electron chi connectivity index (χ4n) is 5.42. The van der Waals surface area contributed by atoms with Gasteiger partial charge in [-0.15, -0.1) is 0 Å². The number of amidine groups is 1. The van der Waals surface area contributed by atoms with Crippen LogP contribution in [0.4, 0.5) is 8.78 Å². The molecule has 0 aliphatic carbocycles. The molecule has 5 rings (SSSR count). The molecule has 254 valence electrons. The molecule has 1 fully saturated rings. The lowest BCUT2D eigenvalue weighted by Crippen LogP contribution is -2.55. The summed E-state index contributed by atoms with van der Waals surface area (Å²) >= 11 is 0. The van der Waals surface area contributed by atoms with Gasteiger partial charge in [0.05, 0.1) is 26.0 Å². The van der Waals surface area contributed by atoms with Gasteiger partial charge in [0.1, 0.15) is 23.7 Å². The number of carbonyl (C=O) groups is 3. The van der Waals surface area contributed by atoms with Gasteiger partial charge in [-0.25, -0.2) is 13.8 Å². The maximum absolute atomic E-state index is 13.1. The summed E-state index contributed by atoms with van der Waals surface area (Å²) in [6, 6.07) is 0. The third-order valence-corrected chi connectivity index (χ3v) is 8.07. The lowest BCUT2D eigenvalue weighted by molar-refractivity contribution is -0.121. The fourth-order valence-corrected chi connectivity index (χ4v) is 5.42. The molecule has 0 bridgehead atoms. The number of fused-ring (bicyclic) bond motifs is 1. The van der Waals surface area contributed by atoms with Gasteiger partial charge in [0.2, 0.25) is 11.7 Å². The summed E-state index contributed by atoms with van der Waals surface area (Å²) < 4.78 is 35.6. The van der Waals surface area contributed by atoms with E-state index < -0.39 is 35.6 Å². The van der Waals surface area contributed by atoms with Crippen LogP contribution in [0.5, 0.6) is 11.5 Å². The molecule has 1 aromatic heterocycles. The first-order valence-corrected chi connectivity index (χ1v) is 15.3. The van der Waals surface area contributed by atoms with Gasteiger partial charge in [-0.3, -0.25) is 25.2 Å². The molecule has 0 aromatic carbocycles. The van der Waals surface area contributed by atoms with Crippen molar-refractivity contribution in [3.8, 4) is 11.5 Å². The van der Waals surface area contributed by atoms with E-state index in [1.165, 1.54) is 16.0 Å². The van der Waals surface area contributed by atoms with Crippen LogP contribution in [0.1, 0.15) is 42.2 Å². The van der Waals surface area contributed by atoms with E-state index in [9.17, 15) is 28.3 Å². The minimum atomic E-state index is -2.68. The number of ether oxygens (including phenoxy) is 2. The molecule has 2 amide bonds. The topological polar surface area (TPSA) is 198 Å². The molecule has 4 aliphatic heterocycles. The summed E-state index contributed by atoms with van der Waals surface area (Å²) in [6.07, 6.45) is 2.20. The number of allylic oxidation sites excluding steroid dienone is 2. The molecule has 0 spiro atoms.